The Morgan fingerprint density at radius 1 is 1.41 bits per heavy atom. The first kappa shape index (κ1) is 13.3. The number of hydrogen-bond acceptors (Lipinski definition) is 2. The molecule has 0 saturated carbocycles. The highest BCUT2D eigenvalue weighted by atomic mass is 79.9. The van der Waals surface area contributed by atoms with Crippen molar-refractivity contribution >= 4 is 27.5 Å². The lowest BCUT2D eigenvalue weighted by molar-refractivity contribution is -0.0689. The minimum atomic E-state index is 0.155. The maximum atomic E-state index is 5.88. The zero-order valence-corrected chi connectivity index (χ0v) is 12.2. The average Bonchev–Trinajstić information content (AvgIpc) is 2.31. The first-order valence-corrected chi connectivity index (χ1v) is 7.19. The van der Waals surface area contributed by atoms with Gasteiger partial charge in [-0.25, -0.2) is 0 Å². The number of rotatable bonds is 3. The van der Waals surface area contributed by atoms with Crippen molar-refractivity contribution in [2.75, 3.05) is 19.0 Å². The highest BCUT2D eigenvalue weighted by Crippen LogP contribution is 2.20. The molecule has 1 heterocycles. The Morgan fingerprint density at radius 3 is 2.88 bits per heavy atom. The number of hydrogen-bond donors (Lipinski definition) is 0. The van der Waals surface area contributed by atoms with Gasteiger partial charge >= 0.3 is 0 Å². The van der Waals surface area contributed by atoms with E-state index in [4.69, 9.17) is 16.3 Å². The summed E-state index contributed by atoms with van der Waals surface area (Å²) in [5.74, 6) is 0.566. The van der Waals surface area contributed by atoms with Gasteiger partial charge in [0.25, 0.3) is 0 Å². The lowest BCUT2D eigenvalue weighted by atomic mass is 10.1. The number of morpholine rings is 1. The van der Waals surface area contributed by atoms with Gasteiger partial charge in [0.15, 0.2) is 0 Å². The summed E-state index contributed by atoms with van der Waals surface area (Å²) in [4.78, 5) is 2.40. The van der Waals surface area contributed by atoms with E-state index in [9.17, 15) is 0 Å². The van der Waals surface area contributed by atoms with Crippen LogP contribution < -0.4 is 0 Å². The molecule has 1 aliphatic heterocycles. The monoisotopic (exact) mass is 317 g/mol. The van der Waals surface area contributed by atoms with Crippen LogP contribution in [0.3, 0.4) is 0 Å². The lowest BCUT2D eigenvalue weighted by Crippen LogP contribution is -2.46. The van der Waals surface area contributed by atoms with E-state index < -0.39 is 0 Å². The Balaban J connectivity index is 2.01. The third-order valence-corrected chi connectivity index (χ3v) is 4.04. The minimum absolute atomic E-state index is 0.155. The lowest BCUT2D eigenvalue weighted by Gasteiger charge is -2.36. The van der Waals surface area contributed by atoms with Crippen LogP contribution in [0.5, 0.6) is 0 Å². The van der Waals surface area contributed by atoms with Gasteiger partial charge in [-0.2, -0.15) is 0 Å². The van der Waals surface area contributed by atoms with E-state index in [2.05, 4.69) is 46.0 Å². The molecule has 2 unspecified atom stereocenters. The van der Waals surface area contributed by atoms with Crippen LogP contribution in [0, 0.1) is 0 Å². The molecule has 1 fully saturated rings. The van der Waals surface area contributed by atoms with E-state index in [0.717, 1.165) is 19.6 Å². The molecule has 0 amide bonds. The van der Waals surface area contributed by atoms with Crippen molar-refractivity contribution in [3.63, 3.8) is 0 Å². The van der Waals surface area contributed by atoms with Crippen molar-refractivity contribution in [2.24, 2.45) is 0 Å². The number of benzene rings is 1. The van der Waals surface area contributed by atoms with Crippen LogP contribution in [0.1, 0.15) is 12.5 Å². The molecule has 0 aliphatic carbocycles. The summed E-state index contributed by atoms with van der Waals surface area (Å²) in [6.07, 6.45) is 0.415. The molecule has 2 nitrogen and oxygen atoms in total. The number of halogens is 2. The maximum absolute atomic E-state index is 5.88. The molecule has 1 aromatic carbocycles. The summed E-state index contributed by atoms with van der Waals surface area (Å²) in [5, 5.41) is 0. The van der Waals surface area contributed by atoms with Gasteiger partial charge in [0.2, 0.25) is 0 Å². The topological polar surface area (TPSA) is 12.5 Å². The second-order valence-corrected chi connectivity index (χ2v) is 5.67. The molecule has 0 spiro atoms. The smallest absolute Gasteiger partial charge is 0.0841 e. The average molecular weight is 319 g/mol. The van der Waals surface area contributed by atoms with Crippen molar-refractivity contribution < 1.29 is 4.74 Å². The fourth-order valence-corrected chi connectivity index (χ4v) is 2.80. The van der Waals surface area contributed by atoms with Crippen molar-refractivity contribution in [3.8, 4) is 0 Å². The Hall–Kier alpha value is -0.0900. The third kappa shape index (κ3) is 3.68. The van der Waals surface area contributed by atoms with E-state index >= 15 is 0 Å². The molecule has 0 radical (unpaired) electrons. The minimum Gasteiger partial charge on any atom is -0.371 e. The fourth-order valence-electron chi connectivity index (χ4n) is 2.22. The van der Waals surface area contributed by atoms with Crippen molar-refractivity contribution in [1.29, 1.82) is 0 Å². The van der Waals surface area contributed by atoms with Gasteiger partial charge in [0.1, 0.15) is 0 Å². The van der Waals surface area contributed by atoms with Gasteiger partial charge in [0.05, 0.1) is 12.2 Å². The van der Waals surface area contributed by atoms with Crippen LogP contribution in [-0.2, 0) is 11.3 Å². The van der Waals surface area contributed by atoms with Crippen LogP contribution >= 0.6 is 27.5 Å². The SMILES string of the molecule is CC1CN(Cc2ccccc2Br)CC(CCl)O1. The van der Waals surface area contributed by atoms with E-state index in [1.807, 2.05) is 6.07 Å². The normalized spacial score (nSPS) is 26.1. The molecule has 0 bridgehead atoms. The molecule has 4 heteroatoms. The quantitative estimate of drug-likeness (QED) is 0.793. The molecule has 1 aromatic rings. The van der Waals surface area contributed by atoms with E-state index in [1.54, 1.807) is 0 Å². The predicted molar refractivity (Wildman–Crippen MR) is 74.5 cm³/mol. The van der Waals surface area contributed by atoms with Gasteiger partial charge < -0.3 is 4.74 Å². The van der Waals surface area contributed by atoms with Crippen molar-refractivity contribution in [1.82, 2.24) is 4.90 Å². The summed E-state index contributed by atoms with van der Waals surface area (Å²) in [7, 11) is 0. The van der Waals surface area contributed by atoms with Crippen LogP contribution in [0.2, 0.25) is 0 Å². The van der Waals surface area contributed by atoms with Crippen LogP contribution in [-0.4, -0.2) is 36.1 Å². The number of nitrogens with zero attached hydrogens (tertiary/aromatic N) is 1. The molecule has 94 valence electrons. The summed E-state index contributed by atoms with van der Waals surface area (Å²) in [6.45, 7) is 4.93. The van der Waals surface area contributed by atoms with Crippen molar-refractivity contribution in [3.05, 3.63) is 34.3 Å². The first-order chi connectivity index (χ1) is 8.19. The molecule has 0 aromatic heterocycles. The fraction of sp³-hybridized carbons (Fsp3) is 0.538. The summed E-state index contributed by atoms with van der Waals surface area (Å²) < 4.78 is 6.92. The van der Waals surface area contributed by atoms with Crippen LogP contribution in [0.15, 0.2) is 28.7 Å². The summed E-state index contributed by atoms with van der Waals surface area (Å²) in [6, 6.07) is 8.35. The highest BCUT2D eigenvalue weighted by molar-refractivity contribution is 9.10. The molecule has 1 saturated heterocycles. The molecular weight excluding hydrogens is 302 g/mol. The second-order valence-electron chi connectivity index (χ2n) is 4.51. The van der Waals surface area contributed by atoms with Crippen LogP contribution in [0.4, 0.5) is 0 Å². The molecule has 0 N–H and O–H groups in total. The molecule has 2 atom stereocenters. The van der Waals surface area contributed by atoms with E-state index in [-0.39, 0.29) is 12.2 Å². The van der Waals surface area contributed by atoms with E-state index in [1.165, 1.54) is 10.0 Å². The number of alkyl halides is 1. The van der Waals surface area contributed by atoms with Gasteiger partial charge in [-0.15, -0.1) is 11.6 Å². The van der Waals surface area contributed by atoms with Crippen molar-refractivity contribution in [2.45, 2.75) is 25.7 Å². The van der Waals surface area contributed by atoms with E-state index in [0.29, 0.717) is 5.88 Å². The third-order valence-electron chi connectivity index (χ3n) is 2.93. The van der Waals surface area contributed by atoms with Gasteiger partial charge in [-0.3, -0.25) is 4.90 Å². The standard InChI is InChI=1S/C13H17BrClNO/c1-10-7-16(9-12(6-15)17-10)8-11-4-2-3-5-13(11)14/h2-5,10,12H,6-9H2,1H3. The second kappa shape index (κ2) is 6.19. The molecular formula is C13H17BrClNO. The Morgan fingerprint density at radius 2 is 2.18 bits per heavy atom. The van der Waals surface area contributed by atoms with Gasteiger partial charge in [-0.05, 0) is 18.6 Å². The van der Waals surface area contributed by atoms with Gasteiger partial charge in [0, 0.05) is 30.0 Å². The Labute approximate surface area is 116 Å². The Kier molecular flexibility index (Phi) is 4.86. The zero-order valence-electron chi connectivity index (χ0n) is 9.90. The largest absolute Gasteiger partial charge is 0.371 e. The summed E-state index contributed by atoms with van der Waals surface area (Å²) >= 11 is 9.47. The maximum Gasteiger partial charge on any atom is 0.0841 e. The van der Waals surface area contributed by atoms with Crippen LogP contribution in [0.25, 0.3) is 0 Å². The molecule has 1 aliphatic rings. The highest BCUT2D eigenvalue weighted by Gasteiger charge is 2.24. The Bertz CT molecular complexity index is 374. The molecule has 17 heavy (non-hydrogen) atoms. The number of ether oxygens (including phenoxy) is 1. The first-order valence-electron chi connectivity index (χ1n) is 5.86. The molecule has 2 rings (SSSR count). The summed E-state index contributed by atoms with van der Waals surface area (Å²) in [5.41, 5.74) is 1.31. The van der Waals surface area contributed by atoms with Gasteiger partial charge in [-0.1, -0.05) is 34.1 Å². The zero-order chi connectivity index (χ0) is 12.3. The predicted octanol–water partition coefficient (Wildman–Crippen LogP) is 3.28.